The molecule has 2 aromatic heterocycles. The highest BCUT2D eigenvalue weighted by Gasteiger charge is 2.22. The SMILES string of the molecule is CN1CCN(C(=O)c2ccc(-c3nc4c(-c5cccc(OCCCC#N)c5)ccnc4n3OCOCC[Si](C)(C)C)cc2)CC1. The van der Waals surface area contributed by atoms with E-state index in [4.69, 9.17) is 24.6 Å². The van der Waals surface area contributed by atoms with Gasteiger partial charge in [-0.25, -0.2) is 9.97 Å². The van der Waals surface area contributed by atoms with E-state index in [2.05, 4.69) is 42.6 Å². The zero-order valence-electron chi connectivity index (χ0n) is 26.7. The number of hydrogen-bond acceptors (Lipinski definition) is 8. The molecule has 1 saturated heterocycles. The van der Waals surface area contributed by atoms with E-state index in [-0.39, 0.29) is 12.7 Å². The first-order chi connectivity index (χ1) is 21.7. The summed E-state index contributed by atoms with van der Waals surface area (Å²) < 4.78 is 13.4. The Balaban J connectivity index is 1.45. The molecule has 0 bridgehead atoms. The van der Waals surface area contributed by atoms with E-state index in [1.165, 1.54) is 0 Å². The Hall–Kier alpha value is -4.24. The van der Waals surface area contributed by atoms with Gasteiger partial charge >= 0.3 is 0 Å². The zero-order chi connectivity index (χ0) is 31.8. The Kier molecular flexibility index (Phi) is 10.5. The fourth-order valence-electron chi connectivity index (χ4n) is 5.07. The number of nitriles is 1. The number of piperazine rings is 1. The van der Waals surface area contributed by atoms with E-state index >= 15 is 0 Å². The smallest absolute Gasteiger partial charge is 0.253 e. The number of carbonyl (C=O) groups excluding carboxylic acids is 1. The summed E-state index contributed by atoms with van der Waals surface area (Å²) in [6.07, 6.45) is 2.87. The average Bonchev–Trinajstić information content (AvgIpc) is 3.41. The van der Waals surface area contributed by atoms with Crippen LogP contribution in [0.15, 0.2) is 60.8 Å². The van der Waals surface area contributed by atoms with Crippen LogP contribution >= 0.6 is 0 Å². The standard InChI is InChI=1S/C34H42N6O4Si/c1-38-17-19-39(20-18-38)34(41)27-12-10-26(11-13-27)32-37-31-30(28-8-7-9-29(24-28)43-21-6-5-15-35)14-16-36-33(31)40(32)44-25-42-22-23-45(2,3)4/h7-14,16,24H,5-6,17-23,25H2,1-4H3. The average molecular weight is 627 g/mol. The van der Waals surface area contributed by atoms with Crippen LogP contribution in [-0.2, 0) is 4.74 Å². The van der Waals surface area contributed by atoms with Crippen molar-refractivity contribution in [1.29, 1.82) is 5.26 Å². The Bertz CT molecular complexity index is 1640. The van der Waals surface area contributed by atoms with Gasteiger partial charge in [0.15, 0.2) is 11.5 Å². The molecular weight excluding hydrogens is 584 g/mol. The largest absolute Gasteiger partial charge is 0.494 e. The van der Waals surface area contributed by atoms with Crippen molar-refractivity contribution in [1.82, 2.24) is 24.5 Å². The second-order valence-electron chi connectivity index (χ2n) is 12.5. The third kappa shape index (κ3) is 8.28. The van der Waals surface area contributed by atoms with Crippen molar-refractivity contribution in [3.63, 3.8) is 0 Å². The van der Waals surface area contributed by atoms with Gasteiger partial charge in [0.05, 0.1) is 12.7 Å². The highest BCUT2D eigenvalue weighted by Crippen LogP contribution is 2.32. The summed E-state index contributed by atoms with van der Waals surface area (Å²) >= 11 is 0. The number of likely N-dealkylation sites (N-methyl/N-ethyl adjacent to an activating group) is 1. The lowest BCUT2D eigenvalue weighted by atomic mass is 10.1. The minimum Gasteiger partial charge on any atom is -0.494 e. The number of aromatic nitrogens is 3. The van der Waals surface area contributed by atoms with Gasteiger partial charge in [0.1, 0.15) is 11.3 Å². The predicted molar refractivity (Wildman–Crippen MR) is 178 cm³/mol. The number of benzene rings is 2. The molecule has 2 aromatic carbocycles. The molecule has 0 unspecified atom stereocenters. The fraction of sp³-hybridized carbons (Fsp3) is 0.412. The highest BCUT2D eigenvalue weighted by atomic mass is 28.3. The van der Waals surface area contributed by atoms with Gasteiger partial charge in [0.25, 0.3) is 5.91 Å². The van der Waals surface area contributed by atoms with Crippen molar-refractivity contribution < 1.29 is 19.1 Å². The number of amides is 1. The number of unbranched alkanes of at least 4 members (excludes halogenated alkanes) is 1. The minimum absolute atomic E-state index is 0.0360. The third-order valence-corrected chi connectivity index (χ3v) is 9.50. The first-order valence-corrected chi connectivity index (χ1v) is 19.2. The molecule has 1 amide bonds. The maximum atomic E-state index is 13.2. The van der Waals surface area contributed by atoms with Crippen molar-refractivity contribution in [2.45, 2.75) is 38.5 Å². The van der Waals surface area contributed by atoms with E-state index in [0.29, 0.717) is 48.6 Å². The topological polar surface area (TPSA) is 106 Å². The van der Waals surface area contributed by atoms with Crippen LogP contribution in [0.25, 0.3) is 33.7 Å². The molecule has 0 saturated carbocycles. The summed E-state index contributed by atoms with van der Waals surface area (Å²) in [6, 6.07) is 20.5. The van der Waals surface area contributed by atoms with Crippen molar-refractivity contribution in [2.75, 3.05) is 53.2 Å². The van der Waals surface area contributed by atoms with Crippen LogP contribution in [0.3, 0.4) is 0 Å². The third-order valence-electron chi connectivity index (χ3n) is 7.80. The normalized spacial score (nSPS) is 14.0. The number of rotatable bonds is 13. The summed E-state index contributed by atoms with van der Waals surface area (Å²) in [6.45, 7) is 11.3. The molecule has 4 aromatic rings. The van der Waals surface area contributed by atoms with Crippen molar-refractivity contribution in [2.24, 2.45) is 0 Å². The van der Waals surface area contributed by atoms with Gasteiger partial charge in [-0.05, 0) is 55.4 Å². The molecule has 1 aliphatic rings. The molecule has 0 N–H and O–H groups in total. The van der Waals surface area contributed by atoms with Gasteiger partial charge in [-0.15, -0.1) is 4.73 Å². The van der Waals surface area contributed by atoms with Crippen LogP contribution in [0, 0.1) is 11.3 Å². The first-order valence-electron chi connectivity index (χ1n) is 15.5. The number of nitrogens with zero attached hydrogens (tertiary/aromatic N) is 6. The number of fused-ring (bicyclic) bond motifs is 1. The number of imidazole rings is 1. The minimum atomic E-state index is -1.24. The van der Waals surface area contributed by atoms with Gasteiger partial charge in [0.2, 0.25) is 6.79 Å². The Morgan fingerprint density at radius 1 is 1.00 bits per heavy atom. The molecule has 5 rings (SSSR count). The zero-order valence-corrected chi connectivity index (χ0v) is 27.7. The monoisotopic (exact) mass is 626 g/mol. The van der Waals surface area contributed by atoms with Gasteiger partial charge < -0.3 is 24.1 Å². The molecule has 45 heavy (non-hydrogen) atoms. The Morgan fingerprint density at radius 3 is 2.51 bits per heavy atom. The molecule has 236 valence electrons. The summed E-state index contributed by atoms with van der Waals surface area (Å²) in [4.78, 5) is 33.2. The molecule has 0 radical (unpaired) electrons. The van der Waals surface area contributed by atoms with Crippen molar-refractivity contribution in [3.8, 4) is 34.3 Å². The van der Waals surface area contributed by atoms with Crippen LogP contribution in [0.4, 0.5) is 0 Å². The summed E-state index contributed by atoms with van der Waals surface area (Å²) in [5.41, 5.74) is 4.49. The number of hydrogen-bond donors (Lipinski definition) is 0. The lowest BCUT2D eigenvalue weighted by Gasteiger charge is -2.32. The van der Waals surface area contributed by atoms with E-state index in [1.807, 2.05) is 59.5 Å². The van der Waals surface area contributed by atoms with E-state index < -0.39 is 8.07 Å². The molecular formula is C34H42N6O4Si. The molecule has 1 aliphatic heterocycles. The van der Waals surface area contributed by atoms with Crippen LogP contribution in [-0.4, -0.2) is 91.7 Å². The lowest BCUT2D eigenvalue weighted by Crippen LogP contribution is -2.47. The molecule has 11 heteroatoms. The molecule has 10 nitrogen and oxygen atoms in total. The second kappa shape index (κ2) is 14.7. The maximum absolute atomic E-state index is 13.2. The van der Waals surface area contributed by atoms with Crippen LogP contribution in [0.2, 0.25) is 25.7 Å². The fourth-order valence-corrected chi connectivity index (χ4v) is 5.82. The molecule has 3 heterocycles. The van der Waals surface area contributed by atoms with Gasteiger partial charge in [-0.3, -0.25) is 4.79 Å². The summed E-state index contributed by atoms with van der Waals surface area (Å²) in [7, 11) is 0.831. The second-order valence-corrected chi connectivity index (χ2v) is 18.2. The quantitative estimate of drug-likeness (QED) is 0.108. The number of pyridine rings is 1. The van der Waals surface area contributed by atoms with Crippen molar-refractivity contribution in [3.05, 3.63) is 66.4 Å². The molecule has 0 aliphatic carbocycles. The van der Waals surface area contributed by atoms with E-state index in [0.717, 1.165) is 54.7 Å². The lowest BCUT2D eigenvalue weighted by molar-refractivity contribution is -0.0509. The maximum Gasteiger partial charge on any atom is 0.253 e. The Labute approximate surface area is 266 Å². The van der Waals surface area contributed by atoms with Crippen LogP contribution in [0.1, 0.15) is 23.2 Å². The van der Waals surface area contributed by atoms with Gasteiger partial charge in [0, 0.05) is 70.2 Å². The van der Waals surface area contributed by atoms with Gasteiger partial charge in [-0.1, -0.05) is 43.9 Å². The summed E-state index contributed by atoms with van der Waals surface area (Å²) in [5.74, 6) is 1.33. The summed E-state index contributed by atoms with van der Waals surface area (Å²) in [5, 5.41) is 8.82. The molecule has 0 atom stereocenters. The predicted octanol–water partition coefficient (Wildman–Crippen LogP) is 5.58. The molecule has 0 spiro atoms. The first kappa shape index (κ1) is 32.2. The van der Waals surface area contributed by atoms with E-state index in [9.17, 15) is 4.79 Å². The Morgan fingerprint density at radius 2 is 1.78 bits per heavy atom. The van der Waals surface area contributed by atoms with Gasteiger partial charge in [-0.2, -0.15) is 5.26 Å². The van der Waals surface area contributed by atoms with Crippen LogP contribution in [0.5, 0.6) is 5.75 Å². The van der Waals surface area contributed by atoms with E-state index in [1.54, 1.807) is 10.9 Å². The molecule has 1 fully saturated rings. The highest BCUT2D eigenvalue weighted by molar-refractivity contribution is 6.76. The van der Waals surface area contributed by atoms with Crippen molar-refractivity contribution >= 4 is 25.1 Å². The number of carbonyl (C=O) groups is 1. The number of ether oxygens (including phenoxy) is 2. The van der Waals surface area contributed by atoms with Crippen LogP contribution < -0.4 is 9.57 Å².